The van der Waals surface area contributed by atoms with E-state index in [-0.39, 0.29) is 12.2 Å². The van der Waals surface area contributed by atoms with E-state index < -0.39 is 0 Å². The van der Waals surface area contributed by atoms with E-state index in [1.807, 2.05) is 4.68 Å². The molecule has 2 aromatic rings. The van der Waals surface area contributed by atoms with Crippen LogP contribution in [0.15, 0.2) is 30.9 Å². The van der Waals surface area contributed by atoms with Gasteiger partial charge in [0.1, 0.15) is 18.4 Å². The fourth-order valence-corrected chi connectivity index (χ4v) is 5.02. The topological polar surface area (TPSA) is 49.2 Å². The minimum atomic E-state index is 0.201. The summed E-state index contributed by atoms with van der Waals surface area (Å²) in [4.78, 5) is 4.10. The maximum Gasteiger partial charge on any atom is 0.137 e. The Bertz CT molecular complexity index is 731. The van der Waals surface area contributed by atoms with Gasteiger partial charge in [-0.3, -0.25) is 4.68 Å². The molecule has 0 radical (unpaired) electrons. The van der Waals surface area contributed by atoms with Gasteiger partial charge in [0.25, 0.3) is 0 Å². The number of hydrogen-bond acceptors (Lipinski definition) is 4. The molecule has 4 atom stereocenters. The number of ether oxygens (including phenoxy) is 2. The van der Waals surface area contributed by atoms with Crippen LogP contribution < -0.4 is 4.74 Å². The molecule has 5 nitrogen and oxygen atoms in total. The van der Waals surface area contributed by atoms with E-state index in [4.69, 9.17) is 9.47 Å². The Morgan fingerprint density at radius 1 is 1.26 bits per heavy atom. The van der Waals surface area contributed by atoms with Gasteiger partial charge in [0.2, 0.25) is 0 Å². The van der Waals surface area contributed by atoms with E-state index in [0.717, 1.165) is 37.5 Å². The van der Waals surface area contributed by atoms with Crippen LogP contribution in [-0.2, 0) is 24.1 Å². The molecule has 0 N–H and O–H groups in total. The molecule has 1 aliphatic heterocycles. The Morgan fingerprint density at radius 3 is 2.96 bits per heavy atom. The molecule has 1 saturated heterocycles. The molecule has 2 heterocycles. The quantitative estimate of drug-likeness (QED) is 0.798. The molecule has 1 aromatic heterocycles. The van der Waals surface area contributed by atoms with Gasteiger partial charge in [-0.1, -0.05) is 31.9 Å². The molecule has 2 aliphatic rings. The second-order valence-electron chi connectivity index (χ2n) is 8.15. The van der Waals surface area contributed by atoms with Crippen molar-refractivity contribution in [2.75, 3.05) is 7.11 Å². The molecule has 4 rings (SSSR count). The van der Waals surface area contributed by atoms with Crippen LogP contribution in [0.3, 0.4) is 0 Å². The summed E-state index contributed by atoms with van der Waals surface area (Å²) in [7, 11) is 1.77. The molecule has 1 unspecified atom stereocenters. The van der Waals surface area contributed by atoms with Crippen molar-refractivity contribution in [2.24, 2.45) is 11.8 Å². The normalized spacial score (nSPS) is 27.9. The molecule has 5 heteroatoms. The third-order valence-electron chi connectivity index (χ3n) is 6.33. The van der Waals surface area contributed by atoms with Gasteiger partial charge in [-0.2, -0.15) is 5.10 Å². The summed E-state index contributed by atoms with van der Waals surface area (Å²) in [5.74, 6) is 2.35. The summed E-state index contributed by atoms with van der Waals surface area (Å²) in [6.07, 6.45) is 12.2. The number of hydrogen-bond donors (Lipinski definition) is 0. The van der Waals surface area contributed by atoms with Crippen molar-refractivity contribution >= 4 is 0 Å². The first kappa shape index (κ1) is 18.5. The van der Waals surface area contributed by atoms with Gasteiger partial charge in [0, 0.05) is 6.42 Å². The maximum absolute atomic E-state index is 6.76. The van der Waals surface area contributed by atoms with Gasteiger partial charge in [-0.05, 0) is 54.7 Å². The van der Waals surface area contributed by atoms with Crippen molar-refractivity contribution < 1.29 is 9.47 Å². The zero-order chi connectivity index (χ0) is 18.6. The van der Waals surface area contributed by atoms with Crippen molar-refractivity contribution in [3.8, 4) is 5.75 Å². The Kier molecular flexibility index (Phi) is 5.77. The highest BCUT2D eigenvalue weighted by Crippen LogP contribution is 2.39. The average molecular weight is 370 g/mol. The first-order valence-electron chi connectivity index (χ1n) is 10.4. The van der Waals surface area contributed by atoms with Crippen molar-refractivity contribution in [2.45, 2.75) is 70.6 Å². The van der Waals surface area contributed by atoms with E-state index in [1.165, 1.54) is 36.8 Å². The Labute approximate surface area is 162 Å². The zero-order valence-corrected chi connectivity index (χ0v) is 16.5. The van der Waals surface area contributed by atoms with E-state index in [9.17, 15) is 0 Å². The van der Waals surface area contributed by atoms with Crippen molar-refractivity contribution in [3.05, 3.63) is 42.0 Å². The molecule has 1 aliphatic carbocycles. The van der Waals surface area contributed by atoms with Crippen LogP contribution >= 0.6 is 0 Å². The van der Waals surface area contributed by atoms with E-state index >= 15 is 0 Å². The highest BCUT2D eigenvalue weighted by molar-refractivity contribution is 5.42. The van der Waals surface area contributed by atoms with Gasteiger partial charge >= 0.3 is 0 Å². The minimum Gasteiger partial charge on any atom is -0.496 e. The molecule has 1 fully saturated rings. The lowest BCUT2D eigenvalue weighted by molar-refractivity contribution is -0.0780. The molecule has 146 valence electrons. The maximum atomic E-state index is 6.76. The monoisotopic (exact) mass is 369 g/mol. The second kappa shape index (κ2) is 8.42. The summed E-state index contributed by atoms with van der Waals surface area (Å²) in [5.41, 5.74) is 2.78. The highest BCUT2D eigenvalue weighted by Gasteiger charge is 2.35. The third-order valence-corrected chi connectivity index (χ3v) is 6.33. The number of aromatic nitrogens is 3. The lowest BCUT2D eigenvalue weighted by atomic mass is 9.76. The molecule has 27 heavy (non-hydrogen) atoms. The molecule has 0 bridgehead atoms. The minimum absolute atomic E-state index is 0.201. The van der Waals surface area contributed by atoms with Gasteiger partial charge < -0.3 is 9.47 Å². The van der Waals surface area contributed by atoms with Crippen LogP contribution in [0, 0.1) is 11.8 Å². The number of benzene rings is 1. The summed E-state index contributed by atoms with van der Waals surface area (Å²) in [6.45, 7) is 3.08. The predicted octanol–water partition coefficient (Wildman–Crippen LogP) is 4.06. The van der Waals surface area contributed by atoms with Crippen molar-refractivity contribution in [3.63, 3.8) is 0 Å². The van der Waals surface area contributed by atoms with Gasteiger partial charge in [0.05, 0.1) is 25.9 Å². The highest BCUT2D eigenvalue weighted by atomic mass is 16.5. The molecule has 0 spiro atoms. The molecule has 1 aromatic carbocycles. The summed E-state index contributed by atoms with van der Waals surface area (Å²) in [5, 5.41) is 4.31. The van der Waals surface area contributed by atoms with Crippen LogP contribution in [0.4, 0.5) is 0 Å². The number of nitrogens with zero attached hydrogens (tertiary/aromatic N) is 3. The van der Waals surface area contributed by atoms with Gasteiger partial charge in [-0.15, -0.1) is 0 Å². The van der Waals surface area contributed by atoms with Crippen LogP contribution in [0.25, 0.3) is 0 Å². The summed E-state index contributed by atoms with van der Waals surface area (Å²) >= 11 is 0. The smallest absolute Gasteiger partial charge is 0.137 e. The lowest BCUT2D eigenvalue weighted by Gasteiger charge is -2.39. The number of fused-ring (bicyclic) bond motifs is 2. The SMILES string of the molecule is CCCC1CC[C@@H]2Cc3cccc(OC)c3C[C@H]2O[C@@H](Cn2cncn2)C1. The van der Waals surface area contributed by atoms with E-state index in [1.54, 1.807) is 19.8 Å². The molecular formula is C22H31N3O2. The fraction of sp³-hybridized carbons (Fsp3) is 0.636. The fourth-order valence-electron chi connectivity index (χ4n) is 5.02. The largest absolute Gasteiger partial charge is 0.496 e. The Balaban J connectivity index is 1.56. The Morgan fingerprint density at radius 2 is 2.19 bits per heavy atom. The molecular weight excluding hydrogens is 338 g/mol. The van der Waals surface area contributed by atoms with E-state index in [2.05, 4.69) is 35.2 Å². The number of rotatable bonds is 5. The van der Waals surface area contributed by atoms with Crippen LogP contribution in [0.2, 0.25) is 0 Å². The summed E-state index contributed by atoms with van der Waals surface area (Å²) < 4.78 is 14.3. The second-order valence-corrected chi connectivity index (χ2v) is 8.15. The van der Waals surface area contributed by atoms with Crippen molar-refractivity contribution in [1.82, 2.24) is 14.8 Å². The van der Waals surface area contributed by atoms with E-state index in [0.29, 0.717) is 5.92 Å². The first-order chi connectivity index (χ1) is 13.3. The van der Waals surface area contributed by atoms with Gasteiger partial charge in [-0.25, -0.2) is 4.98 Å². The molecule has 0 saturated carbocycles. The standard InChI is InChI=1S/C22H31N3O2/c1-3-5-16-8-9-18-11-17-6-4-7-21(26-2)20(17)12-22(18)27-19(10-16)13-25-15-23-14-24-25/h4,6-7,14-16,18-19,22H,3,5,8-13H2,1-2H3/t16?,18-,19-,22-/m1/s1. The Hall–Kier alpha value is -1.88. The van der Waals surface area contributed by atoms with Crippen molar-refractivity contribution in [1.29, 1.82) is 0 Å². The van der Waals surface area contributed by atoms with Crippen LogP contribution in [-0.4, -0.2) is 34.1 Å². The van der Waals surface area contributed by atoms with Crippen LogP contribution in [0.1, 0.15) is 50.2 Å². The lowest BCUT2D eigenvalue weighted by Crippen LogP contribution is -2.40. The van der Waals surface area contributed by atoms with Gasteiger partial charge in [0.15, 0.2) is 0 Å². The third kappa shape index (κ3) is 4.18. The first-order valence-corrected chi connectivity index (χ1v) is 10.4. The molecule has 0 amide bonds. The zero-order valence-electron chi connectivity index (χ0n) is 16.5. The average Bonchev–Trinajstić information content (AvgIpc) is 3.17. The summed E-state index contributed by atoms with van der Waals surface area (Å²) in [6, 6.07) is 6.46. The number of methoxy groups -OCH3 is 1. The predicted molar refractivity (Wildman–Crippen MR) is 105 cm³/mol. The van der Waals surface area contributed by atoms with Crippen LogP contribution in [0.5, 0.6) is 5.75 Å².